The lowest BCUT2D eigenvalue weighted by atomic mass is 9.91. The summed E-state index contributed by atoms with van der Waals surface area (Å²) in [5.41, 5.74) is 6.11. The summed E-state index contributed by atoms with van der Waals surface area (Å²) < 4.78 is 41.8. The SMILES string of the molecule is COC1CCC(n2c(C3CC4CC4C(=O)N3c3ccc(F)c(F)c3)nc3c(C)c(-c4c(C)noc4C)ccc32)CC1. The molecule has 0 spiro atoms. The molecule has 1 aliphatic heterocycles. The number of carbonyl (C=O) groups is 1. The molecule has 7 rings (SSSR count). The smallest absolute Gasteiger partial charge is 0.231 e. The molecule has 3 unspecified atom stereocenters. The van der Waals surface area contributed by atoms with E-state index in [4.69, 9.17) is 14.2 Å². The zero-order chi connectivity index (χ0) is 28.6. The molecule has 3 heterocycles. The molecule has 2 aromatic carbocycles. The molecule has 0 N–H and O–H groups in total. The number of carbonyl (C=O) groups excluding carboxylic acids is 1. The third kappa shape index (κ3) is 4.19. The number of benzene rings is 2. The first kappa shape index (κ1) is 26.3. The van der Waals surface area contributed by atoms with E-state index in [-0.39, 0.29) is 35.9 Å². The van der Waals surface area contributed by atoms with Gasteiger partial charge < -0.3 is 18.7 Å². The summed E-state index contributed by atoms with van der Waals surface area (Å²) >= 11 is 0. The van der Waals surface area contributed by atoms with E-state index < -0.39 is 11.6 Å². The first-order valence-corrected chi connectivity index (χ1v) is 14.5. The summed E-state index contributed by atoms with van der Waals surface area (Å²) in [4.78, 5) is 20.7. The van der Waals surface area contributed by atoms with Crippen LogP contribution in [0, 0.1) is 44.2 Å². The number of ether oxygens (including phenoxy) is 1. The number of aromatic nitrogens is 3. The Kier molecular flexibility index (Phi) is 6.26. The van der Waals surface area contributed by atoms with Crippen molar-refractivity contribution in [2.24, 2.45) is 11.8 Å². The van der Waals surface area contributed by atoms with Crippen LogP contribution in [0.4, 0.5) is 14.5 Å². The van der Waals surface area contributed by atoms with Crippen LogP contribution in [0.5, 0.6) is 0 Å². The van der Waals surface area contributed by atoms with Crippen LogP contribution in [0.15, 0.2) is 34.9 Å². The highest BCUT2D eigenvalue weighted by Gasteiger charge is 2.54. The predicted octanol–water partition coefficient (Wildman–Crippen LogP) is 7.14. The molecule has 214 valence electrons. The molecule has 9 heteroatoms. The first-order valence-electron chi connectivity index (χ1n) is 14.5. The Labute approximate surface area is 237 Å². The third-order valence-electron chi connectivity index (χ3n) is 9.58. The van der Waals surface area contributed by atoms with E-state index in [9.17, 15) is 13.6 Å². The van der Waals surface area contributed by atoms with Crippen molar-refractivity contribution < 1.29 is 22.8 Å². The first-order chi connectivity index (χ1) is 19.8. The van der Waals surface area contributed by atoms with E-state index in [0.29, 0.717) is 5.69 Å². The molecule has 2 aromatic heterocycles. The second-order valence-corrected chi connectivity index (χ2v) is 12.0. The van der Waals surface area contributed by atoms with E-state index in [1.165, 1.54) is 6.07 Å². The van der Waals surface area contributed by atoms with Gasteiger partial charge in [-0.2, -0.15) is 0 Å². The maximum atomic E-state index is 14.4. The Morgan fingerprint density at radius 3 is 2.46 bits per heavy atom. The van der Waals surface area contributed by atoms with Crippen LogP contribution >= 0.6 is 0 Å². The Bertz CT molecular complexity index is 1650. The van der Waals surface area contributed by atoms with Gasteiger partial charge in [0.15, 0.2) is 11.6 Å². The number of rotatable bonds is 5. The van der Waals surface area contributed by atoms with Crippen LogP contribution in [0.1, 0.15) is 73.5 Å². The summed E-state index contributed by atoms with van der Waals surface area (Å²) in [6, 6.07) is 7.78. The van der Waals surface area contributed by atoms with E-state index in [1.54, 1.807) is 12.0 Å². The molecule has 2 saturated carbocycles. The largest absolute Gasteiger partial charge is 0.381 e. The van der Waals surface area contributed by atoms with Gasteiger partial charge in [-0.15, -0.1) is 0 Å². The number of hydrogen-bond donors (Lipinski definition) is 0. The fraction of sp³-hybridized carbons (Fsp3) is 0.469. The molecule has 7 nitrogen and oxygen atoms in total. The Morgan fingerprint density at radius 2 is 1.78 bits per heavy atom. The fourth-order valence-electron chi connectivity index (χ4n) is 7.31. The normalized spacial score (nSPS) is 26.0. The van der Waals surface area contributed by atoms with E-state index in [2.05, 4.69) is 28.8 Å². The number of hydrogen-bond acceptors (Lipinski definition) is 5. The number of nitrogens with zero attached hydrogens (tertiary/aromatic N) is 4. The lowest BCUT2D eigenvalue weighted by Gasteiger charge is -2.37. The number of amides is 1. The van der Waals surface area contributed by atoms with Gasteiger partial charge in [0.25, 0.3) is 0 Å². The van der Waals surface area contributed by atoms with E-state index in [1.807, 2.05) is 13.8 Å². The summed E-state index contributed by atoms with van der Waals surface area (Å²) in [5, 5.41) is 4.16. The second kappa shape index (κ2) is 9.76. The van der Waals surface area contributed by atoms with Crippen molar-refractivity contribution in [2.75, 3.05) is 12.0 Å². The molecule has 0 bridgehead atoms. The van der Waals surface area contributed by atoms with Gasteiger partial charge in [0.1, 0.15) is 11.6 Å². The van der Waals surface area contributed by atoms with E-state index >= 15 is 0 Å². The van der Waals surface area contributed by atoms with Crippen molar-refractivity contribution in [3.05, 3.63) is 64.8 Å². The van der Waals surface area contributed by atoms with Crippen LogP contribution in [0.3, 0.4) is 0 Å². The van der Waals surface area contributed by atoms with Gasteiger partial charge in [0, 0.05) is 36.4 Å². The van der Waals surface area contributed by atoms with Crippen LogP contribution in [-0.4, -0.2) is 33.8 Å². The molecule has 3 fully saturated rings. The molecule has 4 aromatic rings. The number of imidazole rings is 1. The highest BCUT2D eigenvalue weighted by molar-refractivity contribution is 5.99. The van der Waals surface area contributed by atoms with Crippen LogP contribution in [0.25, 0.3) is 22.2 Å². The van der Waals surface area contributed by atoms with Crippen molar-refractivity contribution in [3.8, 4) is 11.1 Å². The minimum atomic E-state index is -0.960. The number of piperidine rings is 1. The van der Waals surface area contributed by atoms with Gasteiger partial charge in [-0.05, 0) is 94.5 Å². The van der Waals surface area contributed by atoms with E-state index in [0.717, 1.165) is 95.7 Å². The van der Waals surface area contributed by atoms with Crippen LogP contribution in [0.2, 0.25) is 0 Å². The number of aryl methyl sites for hydroxylation is 3. The fourth-order valence-corrected chi connectivity index (χ4v) is 7.31. The van der Waals surface area contributed by atoms with Crippen molar-refractivity contribution in [3.63, 3.8) is 0 Å². The molecule has 1 saturated heterocycles. The molecule has 1 amide bonds. The molecule has 2 aliphatic carbocycles. The molecule has 3 atom stereocenters. The Morgan fingerprint density at radius 1 is 1.00 bits per heavy atom. The second-order valence-electron chi connectivity index (χ2n) is 12.0. The van der Waals surface area contributed by atoms with Crippen molar-refractivity contribution in [1.82, 2.24) is 14.7 Å². The van der Waals surface area contributed by atoms with Crippen molar-refractivity contribution in [1.29, 1.82) is 0 Å². The van der Waals surface area contributed by atoms with Gasteiger partial charge in [-0.25, -0.2) is 13.8 Å². The number of halogens is 2. The monoisotopic (exact) mass is 560 g/mol. The summed E-state index contributed by atoms with van der Waals surface area (Å²) in [7, 11) is 1.77. The highest BCUT2D eigenvalue weighted by Crippen LogP contribution is 2.54. The zero-order valence-corrected chi connectivity index (χ0v) is 23.8. The lowest BCUT2D eigenvalue weighted by Crippen LogP contribution is -2.41. The molecular formula is C32H34F2N4O3. The minimum Gasteiger partial charge on any atom is -0.381 e. The maximum Gasteiger partial charge on any atom is 0.231 e. The standard InChI is InChI=1S/C32H34F2N4O3/c1-16-23(29-17(2)36-41-18(29)3)10-12-27-30(16)35-31(37(27)20-5-8-22(40-4)9-6-20)28-14-19-13-24(19)32(39)38(28)21-7-11-25(33)26(34)15-21/h7,10-12,15,19-20,22,24,28H,5-6,8-9,13-14H2,1-4H3. The zero-order valence-electron chi connectivity index (χ0n) is 23.8. The summed E-state index contributed by atoms with van der Waals surface area (Å²) in [6.45, 7) is 5.92. The summed E-state index contributed by atoms with van der Waals surface area (Å²) in [5.74, 6) is -0.144. The molecule has 41 heavy (non-hydrogen) atoms. The lowest BCUT2D eigenvalue weighted by molar-refractivity contribution is -0.121. The molecule has 0 radical (unpaired) electrons. The van der Waals surface area contributed by atoms with Crippen molar-refractivity contribution >= 4 is 22.6 Å². The van der Waals surface area contributed by atoms with Gasteiger partial charge in [0.2, 0.25) is 5.91 Å². The van der Waals surface area contributed by atoms with Crippen LogP contribution < -0.4 is 4.90 Å². The number of methoxy groups -OCH3 is 1. The maximum absolute atomic E-state index is 14.4. The van der Waals surface area contributed by atoms with Crippen LogP contribution in [-0.2, 0) is 9.53 Å². The highest BCUT2D eigenvalue weighted by atomic mass is 19.2. The Balaban J connectivity index is 1.42. The Hall–Kier alpha value is -3.59. The summed E-state index contributed by atoms with van der Waals surface area (Å²) in [6.07, 6.45) is 5.54. The quantitative estimate of drug-likeness (QED) is 0.259. The number of anilines is 1. The van der Waals surface area contributed by atoms with Gasteiger partial charge in [-0.1, -0.05) is 11.2 Å². The van der Waals surface area contributed by atoms with Gasteiger partial charge in [0.05, 0.1) is 28.9 Å². The predicted molar refractivity (Wildman–Crippen MR) is 151 cm³/mol. The third-order valence-corrected chi connectivity index (χ3v) is 9.58. The minimum absolute atomic E-state index is 0.0351. The number of fused-ring (bicyclic) bond motifs is 2. The topological polar surface area (TPSA) is 73.4 Å². The molecule has 3 aliphatic rings. The van der Waals surface area contributed by atoms with Crippen molar-refractivity contribution in [2.45, 2.75) is 77.5 Å². The average Bonchev–Trinajstić information content (AvgIpc) is 3.55. The average molecular weight is 561 g/mol. The van der Waals surface area contributed by atoms with Gasteiger partial charge >= 0.3 is 0 Å². The molecular weight excluding hydrogens is 526 g/mol. The van der Waals surface area contributed by atoms with Gasteiger partial charge in [-0.3, -0.25) is 4.79 Å².